The Morgan fingerprint density at radius 1 is 1.37 bits per heavy atom. The first-order valence-corrected chi connectivity index (χ1v) is 13.1. The van der Waals surface area contributed by atoms with Crippen LogP contribution in [0.1, 0.15) is 5.82 Å². The van der Waals surface area contributed by atoms with Crippen molar-refractivity contribution in [1.29, 1.82) is 0 Å². The van der Waals surface area contributed by atoms with Crippen LogP contribution in [0.2, 0.25) is 0 Å². The minimum atomic E-state index is -1.34. The molecule has 4 rings (SSSR count). The van der Waals surface area contributed by atoms with Crippen molar-refractivity contribution in [2.75, 3.05) is 23.8 Å². The van der Waals surface area contributed by atoms with Crippen LogP contribution in [0.4, 0.5) is 5.13 Å². The first-order valence-electron chi connectivity index (χ1n) is 10.3. The zero-order valence-electron chi connectivity index (χ0n) is 18.9. The molecule has 2 aromatic heterocycles. The number of fused-ring (bicyclic) bond motifs is 1. The van der Waals surface area contributed by atoms with Crippen LogP contribution in [0.3, 0.4) is 0 Å². The number of amides is 2. The summed E-state index contributed by atoms with van der Waals surface area (Å²) in [7, 11) is 0. The zero-order chi connectivity index (χ0) is 27.4. The fourth-order valence-corrected chi connectivity index (χ4v) is 6.10. The maximum Gasteiger partial charge on any atom is 0.352 e. The van der Waals surface area contributed by atoms with Crippen molar-refractivity contribution in [1.82, 2.24) is 39.8 Å². The maximum absolute atomic E-state index is 13.0. The number of oxime groups is 1. The van der Waals surface area contributed by atoms with Crippen LogP contribution in [0, 0.1) is 12.3 Å². The van der Waals surface area contributed by atoms with Crippen LogP contribution in [0.15, 0.2) is 21.6 Å². The van der Waals surface area contributed by atoms with Gasteiger partial charge in [-0.05, 0) is 16.0 Å². The lowest BCUT2D eigenvalue weighted by molar-refractivity contribution is -0.150. The number of terminal acetylenes is 1. The molecule has 1 unspecified atom stereocenters. The summed E-state index contributed by atoms with van der Waals surface area (Å²) in [5.41, 5.74) is 5.32. The molecule has 198 valence electrons. The summed E-state index contributed by atoms with van der Waals surface area (Å²) in [6.07, 6.45) is 5.29. The van der Waals surface area contributed by atoms with Crippen LogP contribution < -0.4 is 11.1 Å². The van der Waals surface area contributed by atoms with E-state index < -0.39 is 47.5 Å². The van der Waals surface area contributed by atoms with Gasteiger partial charge in [0.15, 0.2) is 5.13 Å². The predicted molar refractivity (Wildman–Crippen MR) is 132 cm³/mol. The van der Waals surface area contributed by atoms with E-state index in [0.717, 1.165) is 16.4 Å². The minimum Gasteiger partial charge on any atom is -0.479 e. The van der Waals surface area contributed by atoms with Crippen LogP contribution >= 0.6 is 35.1 Å². The van der Waals surface area contributed by atoms with Gasteiger partial charge >= 0.3 is 11.9 Å². The molecule has 1 saturated heterocycles. The standard InChI is InChI=1S/C18H16N10O7S3/c1-2-3-27-18(22-25-26-27)37-6-7-5-36-15-10(14(32)28(15)11(7)16(33)34)20-13(31)9(23-35-4-8(29)30)12-21-17(19)38-24-12/h1,10,15H,3-6H2,(H,20,31)(H,29,30)(H,33,34)(H2,19,21,24)/t10?,15-/m0/s1. The van der Waals surface area contributed by atoms with Crippen molar-refractivity contribution in [3.8, 4) is 12.3 Å². The lowest BCUT2D eigenvalue weighted by Crippen LogP contribution is -2.71. The number of carbonyl (C=O) groups excluding carboxylic acids is 2. The molecule has 0 spiro atoms. The fraction of sp³-hybridized carbons (Fsp3) is 0.333. The molecule has 2 aliphatic rings. The SMILES string of the molecule is C#CCn1nnnc1SCC1=C(C(=O)O)N2C(=O)C(NC(=O)C(=NOCC(=O)O)c3nsc(N)n3)[C@@H]2SC1. The minimum absolute atomic E-state index is 0.0161. The molecular formula is C18H16N10O7S3. The van der Waals surface area contributed by atoms with E-state index in [-0.39, 0.29) is 34.7 Å². The highest BCUT2D eigenvalue weighted by Gasteiger charge is 2.54. The molecule has 2 atom stereocenters. The van der Waals surface area contributed by atoms with Gasteiger partial charge in [-0.2, -0.15) is 9.36 Å². The number of carboxylic acid groups (broad SMARTS) is 2. The summed E-state index contributed by atoms with van der Waals surface area (Å²) >= 11 is 3.18. The van der Waals surface area contributed by atoms with E-state index in [4.69, 9.17) is 17.3 Å². The van der Waals surface area contributed by atoms with Gasteiger partial charge in [0.1, 0.15) is 23.7 Å². The number of thioether (sulfide) groups is 2. The summed E-state index contributed by atoms with van der Waals surface area (Å²) in [6, 6.07) is -1.10. The molecule has 0 aliphatic carbocycles. The number of aliphatic carboxylic acids is 2. The number of nitrogens with one attached hydrogen (secondary N) is 1. The highest BCUT2D eigenvalue weighted by Crippen LogP contribution is 2.41. The number of aromatic nitrogens is 6. The second-order valence-corrected chi connectivity index (χ2v) is 10.1. The number of anilines is 1. The molecule has 2 amide bonds. The maximum atomic E-state index is 13.0. The Bertz CT molecular complexity index is 1400. The average molecular weight is 581 g/mol. The number of tetrazole rings is 1. The van der Waals surface area contributed by atoms with Gasteiger partial charge in [0, 0.05) is 23.0 Å². The molecule has 38 heavy (non-hydrogen) atoms. The molecule has 2 aliphatic heterocycles. The number of hydrogen-bond donors (Lipinski definition) is 4. The van der Waals surface area contributed by atoms with E-state index in [9.17, 15) is 24.3 Å². The number of β-lactam (4-membered cyclic amide) rings is 1. The largest absolute Gasteiger partial charge is 0.479 e. The van der Waals surface area contributed by atoms with Crippen molar-refractivity contribution in [2.24, 2.45) is 5.16 Å². The van der Waals surface area contributed by atoms with E-state index >= 15 is 0 Å². The van der Waals surface area contributed by atoms with Gasteiger partial charge in [0.2, 0.25) is 23.3 Å². The van der Waals surface area contributed by atoms with E-state index in [0.29, 0.717) is 10.7 Å². The molecule has 17 nitrogen and oxygen atoms in total. The first-order chi connectivity index (χ1) is 18.2. The molecule has 0 bridgehead atoms. The highest BCUT2D eigenvalue weighted by atomic mass is 32.2. The molecule has 1 fully saturated rings. The number of nitrogens with zero attached hydrogens (tertiary/aromatic N) is 8. The van der Waals surface area contributed by atoms with Gasteiger partial charge < -0.3 is 26.1 Å². The smallest absolute Gasteiger partial charge is 0.352 e. The van der Waals surface area contributed by atoms with Gasteiger partial charge in [-0.15, -0.1) is 23.3 Å². The van der Waals surface area contributed by atoms with Gasteiger partial charge in [0.25, 0.3) is 11.8 Å². The molecular weight excluding hydrogens is 564 g/mol. The second kappa shape index (κ2) is 11.4. The lowest BCUT2D eigenvalue weighted by atomic mass is 10.0. The molecule has 4 heterocycles. The number of nitrogen functional groups attached to an aromatic ring is 1. The summed E-state index contributed by atoms with van der Waals surface area (Å²) in [5.74, 6) is -1.63. The van der Waals surface area contributed by atoms with Crippen LogP contribution in [-0.2, 0) is 30.6 Å². The fourth-order valence-electron chi connectivity index (χ4n) is 3.31. The van der Waals surface area contributed by atoms with Gasteiger partial charge in [0.05, 0.1) is 0 Å². The molecule has 20 heteroatoms. The third-order valence-electron chi connectivity index (χ3n) is 4.86. The molecule has 0 saturated carbocycles. The van der Waals surface area contributed by atoms with Crippen LogP contribution in [0.25, 0.3) is 0 Å². The van der Waals surface area contributed by atoms with E-state index in [1.54, 1.807) is 0 Å². The van der Waals surface area contributed by atoms with E-state index in [1.165, 1.54) is 28.2 Å². The Kier molecular flexibility index (Phi) is 8.08. The lowest BCUT2D eigenvalue weighted by Gasteiger charge is -2.49. The van der Waals surface area contributed by atoms with Gasteiger partial charge in [-0.25, -0.2) is 14.3 Å². The zero-order valence-corrected chi connectivity index (χ0v) is 21.3. The normalized spacial score (nSPS) is 18.9. The van der Waals surface area contributed by atoms with Crippen LogP contribution in [0.5, 0.6) is 0 Å². The van der Waals surface area contributed by atoms with Crippen molar-refractivity contribution in [3.63, 3.8) is 0 Å². The Balaban J connectivity index is 1.49. The van der Waals surface area contributed by atoms with E-state index in [1.807, 2.05) is 0 Å². The molecule has 5 N–H and O–H groups in total. The highest BCUT2D eigenvalue weighted by molar-refractivity contribution is 8.01. The number of nitrogens with two attached hydrogens (primary N) is 1. The van der Waals surface area contributed by atoms with Gasteiger partial charge in [-0.1, -0.05) is 22.8 Å². The van der Waals surface area contributed by atoms with E-state index in [2.05, 4.69) is 46.1 Å². The third kappa shape index (κ3) is 5.53. The van der Waals surface area contributed by atoms with Crippen molar-refractivity contribution in [3.05, 3.63) is 17.1 Å². The van der Waals surface area contributed by atoms with Crippen molar-refractivity contribution < 1.29 is 34.2 Å². The molecule has 0 aromatic carbocycles. The average Bonchev–Trinajstić information content (AvgIpc) is 3.51. The second-order valence-electron chi connectivity index (χ2n) is 7.29. The Hall–Kier alpha value is -4.22. The van der Waals surface area contributed by atoms with Crippen molar-refractivity contribution in [2.45, 2.75) is 23.1 Å². The monoisotopic (exact) mass is 580 g/mol. The summed E-state index contributed by atoms with van der Waals surface area (Å²) in [6.45, 7) is -0.702. The van der Waals surface area contributed by atoms with Crippen molar-refractivity contribution >= 4 is 69.7 Å². The van der Waals surface area contributed by atoms with Gasteiger partial charge in [-0.3, -0.25) is 14.5 Å². The Morgan fingerprint density at radius 2 is 2.16 bits per heavy atom. The topological polar surface area (TPSA) is 241 Å². The summed E-state index contributed by atoms with van der Waals surface area (Å²) in [5, 5.41) is 35.4. The number of carbonyl (C=O) groups is 4. The number of hydrogen-bond acceptors (Lipinski definition) is 15. The number of rotatable bonds is 11. The van der Waals surface area contributed by atoms with Crippen LogP contribution in [-0.4, -0.2) is 104 Å². The number of carboxylic acids is 2. The molecule has 2 aromatic rings. The third-order valence-corrected chi connectivity index (χ3v) is 7.79. The summed E-state index contributed by atoms with van der Waals surface area (Å²) < 4.78 is 5.25. The predicted octanol–water partition coefficient (Wildman–Crippen LogP) is -1.92. The summed E-state index contributed by atoms with van der Waals surface area (Å²) in [4.78, 5) is 58.3. The Morgan fingerprint density at radius 3 is 2.82 bits per heavy atom. The Labute approximate surface area is 225 Å². The first kappa shape index (κ1) is 26.8. The quantitative estimate of drug-likeness (QED) is 0.0744. The molecule has 0 radical (unpaired) electrons.